The van der Waals surface area contributed by atoms with Crippen LogP contribution >= 0.6 is 15.9 Å². The normalized spacial score (nSPS) is 18.0. The zero-order valence-corrected chi connectivity index (χ0v) is 64.1. The summed E-state index contributed by atoms with van der Waals surface area (Å²) in [5.41, 5.74) is -3.87. The van der Waals surface area contributed by atoms with E-state index in [-0.39, 0.29) is 82.1 Å². The standard InChI is InChI=1S/C73H118BrN9O16/c1-68(2,3)94-58(85)33-32-55(66(92)99-73(16,17)18)79-67(93)78-54(65(91)98-72(13,14)15)25-21-22-34-75-64(90)56(43-52-31-30-50-23-19-20-24-53(50)62(52)74)77-63(89)51-28-26-49(27-29-51)44-76-57(84)45-80-35-37-81(46-59(86)95-69(4,5)6)39-41-83(48-61(88)97-71(10,11)12)42-40-82(38-36-80)47-60(87)96-70(7,8)9/h19-20,23-24,30-31,49,51,54-56H,21-22,25-29,32-48H2,1-18H3,(H,75,90)(H,76,84)(H,77,89)(H2,78,79,93)/t49?,51?,54-,55-,56-/m0/s1. The summed E-state index contributed by atoms with van der Waals surface area (Å²) in [6.45, 7) is 35.4. The first-order valence-corrected chi connectivity index (χ1v) is 35.9. The van der Waals surface area contributed by atoms with E-state index in [9.17, 15) is 47.9 Å². The smallest absolute Gasteiger partial charge is 0.329 e. The minimum absolute atomic E-state index is 0.00378. The Morgan fingerprint density at radius 2 is 0.879 bits per heavy atom. The molecule has 0 spiro atoms. The number of halogens is 1. The summed E-state index contributed by atoms with van der Waals surface area (Å²) in [6.07, 6.45) is 2.99. The van der Waals surface area contributed by atoms with E-state index in [0.717, 1.165) is 20.8 Å². The van der Waals surface area contributed by atoms with Gasteiger partial charge in [-0.1, -0.05) is 36.4 Å². The zero-order chi connectivity index (χ0) is 74.3. The largest absolute Gasteiger partial charge is 0.460 e. The number of unbranched alkanes of at least 4 members (excludes halogenated alkanes) is 1. The number of nitrogens with zero attached hydrogens (tertiary/aromatic N) is 4. The lowest BCUT2D eigenvalue weighted by atomic mass is 9.81. The number of benzene rings is 2. The molecule has 1 saturated carbocycles. The molecule has 25 nitrogen and oxygen atoms in total. The van der Waals surface area contributed by atoms with E-state index in [1.165, 1.54) is 0 Å². The van der Waals surface area contributed by atoms with Crippen molar-refractivity contribution in [2.75, 3.05) is 91.6 Å². The molecule has 0 unspecified atom stereocenters. The van der Waals surface area contributed by atoms with E-state index in [4.69, 9.17) is 28.4 Å². The SMILES string of the molecule is CC(C)(C)OC(=O)CC[C@H](NC(=O)N[C@@H](CCCCNC(=O)[C@H](Cc1ccc2ccccc2c1Br)NC(=O)C1CCC(CNC(=O)CN2CCN(CC(=O)OC(C)(C)C)CCN(CC(=O)OC(C)(C)C)CCN(CC(=O)OC(C)(C)C)CC2)CC1)C(=O)OC(C)(C)C)C(=O)OC(C)(C)C. The van der Waals surface area contributed by atoms with Crippen molar-refractivity contribution in [2.24, 2.45) is 11.8 Å². The topological polar surface area (TPSA) is 299 Å². The molecule has 4 rings (SSSR count). The first-order valence-electron chi connectivity index (χ1n) is 35.1. The minimum atomic E-state index is -1.26. The molecule has 0 bridgehead atoms. The van der Waals surface area contributed by atoms with Crippen LogP contribution in [0.25, 0.3) is 10.8 Å². The van der Waals surface area contributed by atoms with Gasteiger partial charge in [0.15, 0.2) is 0 Å². The number of carbonyl (C=O) groups is 10. The average molecular weight is 1460 g/mol. The Kier molecular flexibility index (Phi) is 33.1. The summed E-state index contributed by atoms with van der Waals surface area (Å²) in [5, 5.41) is 16.4. The molecule has 558 valence electrons. The molecule has 0 radical (unpaired) electrons. The highest BCUT2D eigenvalue weighted by molar-refractivity contribution is 9.10. The van der Waals surface area contributed by atoms with Crippen LogP contribution in [0, 0.1) is 11.8 Å². The van der Waals surface area contributed by atoms with Gasteiger partial charge in [-0.15, -0.1) is 0 Å². The van der Waals surface area contributed by atoms with Crippen LogP contribution in [0.3, 0.4) is 0 Å². The summed E-state index contributed by atoms with van der Waals surface area (Å²) in [5.74, 6) is -4.42. The second-order valence-corrected chi connectivity index (χ2v) is 32.9. The Morgan fingerprint density at radius 1 is 0.465 bits per heavy atom. The van der Waals surface area contributed by atoms with Crippen LogP contribution < -0.4 is 26.6 Å². The van der Waals surface area contributed by atoms with Crippen LogP contribution in [0.4, 0.5) is 4.79 Å². The fraction of sp³-hybridized carbons (Fsp3) is 0.726. The lowest BCUT2D eigenvalue weighted by molar-refractivity contribution is -0.159. The fourth-order valence-corrected chi connectivity index (χ4v) is 11.9. The first kappa shape index (κ1) is 84.9. The number of hydrogen-bond acceptors (Lipinski definition) is 20. The highest BCUT2D eigenvalue weighted by Crippen LogP contribution is 2.31. The number of carbonyl (C=O) groups excluding carboxylic acids is 10. The molecular weight excluding hydrogens is 1340 g/mol. The number of amides is 5. The number of nitrogens with one attached hydrogen (secondary N) is 5. The molecule has 2 aromatic rings. The predicted molar refractivity (Wildman–Crippen MR) is 382 cm³/mol. The van der Waals surface area contributed by atoms with Crippen molar-refractivity contribution in [2.45, 2.75) is 241 Å². The van der Waals surface area contributed by atoms with Gasteiger partial charge in [-0.05, 0) is 214 Å². The third-order valence-electron chi connectivity index (χ3n) is 15.7. The Hall–Kier alpha value is -6.48. The number of rotatable bonds is 27. The highest BCUT2D eigenvalue weighted by atomic mass is 79.9. The molecule has 2 aliphatic rings. The lowest BCUT2D eigenvalue weighted by Crippen LogP contribution is -2.53. The molecule has 1 saturated heterocycles. The molecule has 2 fully saturated rings. The summed E-state index contributed by atoms with van der Waals surface area (Å²) < 4.78 is 34.6. The number of esters is 6. The van der Waals surface area contributed by atoms with Crippen LogP contribution in [0.1, 0.15) is 188 Å². The number of ether oxygens (including phenoxy) is 6. The molecule has 0 aromatic heterocycles. The molecule has 3 atom stereocenters. The van der Waals surface area contributed by atoms with Crippen LogP contribution in [0.15, 0.2) is 40.9 Å². The van der Waals surface area contributed by atoms with Gasteiger partial charge in [0.2, 0.25) is 17.7 Å². The lowest BCUT2D eigenvalue weighted by Gasteiger charge is -2.34. The predicted octanol–water partition coefficient (Wildman–Crippen LogP) is 7.93. The Labute approximate surface area is 596 Å². The third-order valence-corrected chi connectivity index (χ3v) is 16.6. The second kappa shape index (κ2) is 38.5. The summed E-state index contributed by atoms with van der Waals surface area (Å²) >= 11 is 3.78. The average Bonchev–Trinajstić information content (AvgIpc) is 0.809. The maximum absolute atomic E-state index is 14.3. The summed E-state index contributed by atoms with van der Waals surface area (Å²) in [7, 11) is 0. The van der Waals surface area contributed by atoms with Crippen LogP contribution in [-0.4, -0.2) is 223 Å². The number of fused-ring (bicyclic) bond motifs is 1. The fourth-order valence-electron chi connectivity index (χ4n) is 11.2. The van der Waals surface area contributed by atoms with Gasteiger partial charge in [0, 0.05) is 88.7 Å². The van der Waals surface area contributed by atoms with E-state index in [1.54, 1.807) is 62.3 Å². The van der Waals surface area contributed by atoms with Crippen molar-refractivity contribution in [1.82, 2.24) is 46.2 Å². The van der Waals surface area contributed by atoms with Gasteiger partial charge < -0.3 is 55.0 Å². The molecule has 2 aromatic carbocycles. The van der Waals surface area contributed by atoms with E-state index in [2.05, 4.69) is 42.5 Å². The maximum Gasteiger partial charge on any atom is 0.329 e. The molecule has 1 aliphatic heterocycles. The molecule has 5 N–H and O–H groups in total. The molecular formula is C73H118BrN9O16. The van der Waals surface area contributed by atoms with Gasteiger partial charge in [-0.2, -0.15) is 0 Å². The number of hydrogen-bond donors (Lipinski definition) is 5. The van der Waals surface area contributed by atoms with Gasteiger partial charge in [0.05, 0.1) is 26.2 Å². The van der Waals surface area contributed by atoms with E-state index in [1.807, 2.05) is 118 Å². The third kappa shape index (κ3) is 35.6. The number of urea groups is 1. The van der Waals surface area contributed by atoms with Gasteiger partial charge in [-0.25, -0.2) is 14.4 Å². The zero-order valence-electron chi connectivity index (χ0n) is 62.5. The van der Waals surface area contributed by atoms with Crippen LogP contribution in [0.2, 0.25) is 0 Å². The minimum Gasteiger partial charge on any atom is -0.460 e. The molecule has 1 aliphatic carbocycles. The molecule has 26 heteroatoms. The van der Waals surface area contributed by atoms with Crippen LogP contribution in [0.5, 0.6) is 0 Å². The van der Waals surface area contributed by atoms with Crippen molar-refractivity contribution in [1.29, 1.82) is 0 Å². The van der Waals surface area contributed by atoms with Crippen LogP contribution in [-0.2, 0) is 78.0 Å². The van der Waals surface area contributed by atoms with Crippen molar-refractivity contribution in [3.05, 3.63) is 46.4 Å². The second-order valence-electron chi connectivity index (χ2n) is 32.1. The van der Waals surface area contributed by atoms with Crippen molar-refractivity contribution in [3.8, 4) is 0 Å². The van der Waals surface area contributed by atoms with Crippen molar-refractivity contribution < 1.29 is 76.4 Å². The highest BCUT2D eigenvalue weighted by Gasteiger charge is 2.35. The molecule has 99 heavy (non-hydrogen) atoms. The van der Waals surface area contributed by atoms with E-state index < -0.39 is 99.4 Å². The summed E-state index contributed by atoms with van der Waals surface area (Å²) in [6, 6.07) is 7.48. The Bertz CT molecular complexity index is 2980. The van der Waals surface area contributed by atoms with E-state index in [0.29, 0.717) is 97.4 Å². The van der Waals surface area contributed by atoms with Gasteiger partial charge >= 0.3 is 41.8 Å². The van der Waals surface area contributed by atoms with Crippen molar-refractivity contribution in [3.63, 3.8) is 0 Å². The van der Waals surface area contributed by atoms with Gasteiger partial charge in [-0.3, -0.25) is 53.2 Å². The maximum atomic E-state index is 14.3. The van der Waals surface area contributed by atoms with Gasteiger partial charge in [0.1, 0.15) is 51.7 Å². The Morgan fingerprint density at radius 3 is 1.32 bits per heavy atom. The quantitative estimate of drug-likeness (QED) is 0.0322. The van der Waals surface area contributed by atoms with E-state index >= 15 is 0 Å². The molecule has 5 amide bonds. The van der Waals surface area contributed by atoms with Crippen molar-refractivity contribution >= 4 is 86.3 Å². The summed E-state index contributed by atoms with van der Waals surface area (Å²) in [4.78, 5) is 143. The first-order chi connectivity index (χ1) is 45.8. The monoisotopic (exact) mass is 1460 g/mol. The van der Waals surface area contributed by atoms with Gasteiger partial charge in [0.25, 0.3) is 0 Å². The molecule has 1 heterocycles. The Balaban J connectivity index is 1.43.